The molecule has 34 heavy (non-hydrogen) atoms. The maximum Gasteiger partial charge on any atom is 0.217 e. The van der Waals surface area contributed by atoms with Crippen LogP contribution in [0.4, 0.5) is 0 Å². The van der Waals surface area contributed by atoms with Gasteiger partial charge in [-0.15, -0.1) is 0 Å². The van der Waals surface area contributed by atoms with Gasteiger partial charge in [0.05, 0.1) is 19.6 Å². The largest absolute Gasteiger partial charge is 0.351 e. The molecule has 1 aliphatic rings. The molecule has 0 aromatic carbocycles. The Morgan fingerprint density at radius 2 is 1.35 bits per heavy atom. The summed E-state index contributed by atoms with van der Waals surface area (Å²) in [6, 6.07) is 0. The molecule has 0 fully saturated rings. The zero-order valence-electron chi connectivity index (χ0n) is 23.2. The summed E-state index contributed by atoms with van der Waals surface area (Å²) in [5.41, 5.74) is 0. The monoisotopic (exact) mass is 476 g/mol. The number of unbranched alkanes of at least 4 members (excludes halogenated alkanes) is 15. The van der Waals surface area contributed by atoms with Crippen LogP contribution in [0, 0.1) is 0 Å². The fraction of sp³-hybridized carbons (Fsp3) is 0.867. The Bertz CT molecular complexity index is 557. The first-order chi connectivity index (χ1) is 16.6. The smallest absolute Gasteiger partial charge is 0.217 e. The van der Waals surface area contributed by atoms with Gasteiger partial charge in [0.1, 0.15) is 13.1 Å². The van der Waals surface area contributed by atoms with Gasteiger partial charge in [0.2, 0.25) is 5.91 Å². The summed E-state index contributed by atoms with van der Waals surface area (Å²) in [6.45, 7) is 11.0. The van der Waals surface area contributed by atoms with Crippen LogP contribution in [0.25, 0.3) is 0 Å². The van der Waals surface area contributed by atoms with Gasteiger partial charge in [-0.1, -0.05) is 96.1 Å². The van der Waals surface area contributed by atoms with Crippen molar-refractivity contribution in [1.82, 2.24) is 5.32 Å². The van der Waals surface area contributed by atoms with Crippen LogP contribution in [0.5, 0.6) is 0 Å². The highest BCUT2D eigenvalue weighted by Crippen LogP contribution is 2.19. The summed E-state index contributed by atoms with van der Waals surface area (Å²) in [5.74, 6) is 1.43. The highest BCUT2D eigenvalue weighted by atomic mass is 16.1. The van der Waals surface area contributed by atoms with Crippen molar-refractivity contribution in [1.29, 1.82) is 0 Å². The summed E-state index contributed by atoms with van der Waals surface area (Å²) in [6.07, 6.45) is 29.4. The minimum atomic E-state index is 0.0672. The molecule has 4 nitrogen and oxygen atoms in total. The number of rotatable bonds is 23. The zero-order valence-corrected chi connectivity index (χ0v) is 23.2. The molecule has 1 amide bonds. The van der Waals surface area contributed by atoms with E-state index in [2.05, 4.69) is 31.3 Å². The molecule has 0 aliphatic carbocycles. The molecule has 1 rings (SSSR count). The normalized spacial score (nSPS) is 18.0. The molecule has 1 atom stereocenters. The van der Waals surface area contributed by atoms with E-state index in [0.29, 0.717) is 0 Å². The molecule has 0 aromatic heterocycles. The number of allylic oxidation sites excluding steroid dienone is 2. The minimum absolute atomic E-state index is 0.0672. The average molecular weight is 477 g/mol. The van der Waals surface area contributed by atoms with Crippen LogP contribution < -0.4 is 5.32 Å². The van der Waals surface area contributed by atoms with Crippen molar-refractivity contribution < 1.29 is 9.28 Å². The second-order valence-electron chi connectivity index (χ2n) is 10.4. The third-order valence-electron chi connectivity index (χ3n) is 7.55. The van der Waals surface area contributed by atoms with E-state index in [1.165, 1.54) is 115 Å². The number of amidine groups is 1. The van der Waals surface area contributed by atoms with Gasteiger partial charge in [0.15, 0.2) is 5.84 Å². The second kappa shape index (κ2) is 21.1. The molecular weight excluding hydrogens is 418 g/mol. The van der Waals surface area contributed by atoms with E-state index in [1.807, 2.05) is 0 Å². The quantitative estimate of drug-likeness (QED) is 0.0906. The third-order valence-corrected chi connectivity index (χ3v) is 7.55. The number of carbonyl (C=O) groups excluding carboxylic acids is 1. The van der Waals surface area contributed by atoms with Crippen molar-refractivity contribution in [2.24, 2.45) is 4.99 Å². The van der Waals surface area contributed by atoms with E-state index < -0.39 is 0 Å². The summed E-state index contributed by atoms with van der Waals surface area (Å²) >= 11 is 0. The Morgan fingerprint density at radius 1 is 0.824 bits per heavy atom. The first-order valence-corrected chi connectivity index (χ1v) is 14.9. The summed E-state index contributed by atoms with van der Waals surface area (Å²) < 4.78 is 0.981. The van der Waals surface area contributed by atoms with Crippen LogP contribution in [-0.4, -0.2) is 48.9 Å². The van der Waals surface area contributed by atoms with Crippen molar-refractivity contribution in [3.05, 3.63) is 12.2 Å². The average Bonchev–Trinajstić information content (AvgIpc) is 3.23. The van der Waals surface area contributed by atoms with Crippen LogP contribution >= 0.6 is 0 Å². The first-order valence-electron chi connectivity index (χ1n) is 14.9. The topological polar surface area (TPSA) is 41.5 Å². The van der Waals surface area contributed by atoms with Crippen LogP contribution in [0.15, 0.2) is 17.1 Å². The number of carbonyl (C=O) groups is 1. The third kappa shape index (κ3) is 15.0. The Kier molecular flexibility index (Phi) is 19.2. The lowest BCUT2D eigenvalue weighted by Gasteiger charge is -2.33. The molecule has 0 bridgehead atoms. The van der Waals surface area contributed by atoms with Gasteiger partial charge in [0, 0.05) is 13.3 Å². The Balaban J connectivity index is 1.94. The van der Waals surface area contributed by atoms with Crippen molar-refractivity contribution in [2.75, 3.05) is 32.7 Å². The summed E-state index contributed by atoms with van der Waals surface area (Å²) in [7, 11) is 0. The van der Waals surface area contributed by atoms with E-state index in [0.717, 1.165) is 43.6 Å². The molecular formula is C30H58N3O+. The SMILES string of the molecule is CCCCCCCCCCCCCCC/C=C/CCCCC1=NCC[N+]1(CC)CCNC(C)=O. The molecule has 4 heteroatoms. The molecule has 1 heterocycles. The van der Waals surface area contributed by atoms with E-state index in [1.54, 1.807) is 6.92 Å². The fourth-order valence-corrected chi connectivity index (χ4v) is 5.21. The van der Waals surface area contributed by atoms with Gasteiger partial charge in [-0.2, -0.15) is 0 Å². The van der Waals surface area contributed by atoms with Crippen LogP contribution in [0.2, 0.25) is 0 Å². The first kappa shape index (κ1) is 30.9. The number of hydrogen-bond donors (Lipinski definition) is 1. The van der Waals surface area contributed by atoms with Gasteiger partial charge >= 0.3 is 0 Å². The Labute approximate surface area is 212 Å². The number of nitrogens with one attached hydrogen (secondary N) is 1. The van der Waals surface area contributed by atoms with Crippen molar-refractivity contribution >= 4 is 11.7 Å². The van der Waals surface area contributed by atoms with E-state index >= 15 is 0 Å². The van der Waals surface area contributed by atoms with Crippen molar-refractivity contribution in [3.8, 4) is 0 Å². The number of amides is 1. The van der Waals surface area contributed by atoms with Gasteiger partial charge in [-0.05, 0) is 39.0 Å². The highest BCUT2D eigenvalue weighted by molar-refractivity contribution is 5.77. The Hall–Kier alpha value is -1.16. The summed E-state index contributed by atoms with van der Waals surface area (Å²) in [4.78, 5) is 16.0. The van der Waals surface area contributed by atoms with Gasteiger partial charge < -0.3 is 5.32 Å². The van der Waals surface area contributed by atoms with Crippen molar-refractivity contribution in [3.63, 3.8) is 0 Å². The lowest BCUT2D eigenvalue weighted by Crippen LogP contribution is -2.54. The molecule has 1 unspecified atom stereocenters. The van der Waals surface area contributed by atoms with Crippen molar-refractivity contribution in [2.45, 2.75) is 136 Å². The predicted octanol–water partition coefficient (Wildman–Crippen LogP) is 7.97. The molecule has 0 spiro atoms. The molecule has 1 aliphatic heterocycles. The fourth-order valence-electron chi connectivity index (χ4n) is 5.21. The number of hydrogen-bond acceptors (Lipinski definition) is 2. The summed E-state index contributed by atoms with van der Waals surface area (Å²) in [5, 5.41) is 2.96. The molecule has 0 saturated carbocycles. The van der Waals surface area contributed by atoms with Gasteiger partial charge in [0.25, 0.3) is 0 Å². The molecule has 0 saturated heterocycles. The highest BCUT2D eigenvalue weighted by Gasteiger charge is 2.35. The maximum absolute atomic E-state index is 11.2. The number of likely N-dealkylation sites (N-methyl/N-ethyl adjacent to an activating group) is 1. The molecule has 198 valence electrons. The second-order valence-corrected chi connectivity index (χ2v) is 10.4. The van der Waals surface area contributed by atoms with Crippen LogP contribution in [0.3, 0.4) is 0 Å². The lowest BCUT2D eigenvalue weighted by molar-refractivity contribution is -0.833. The van der Waals surface area contributed by atoms with E-state index in [4.69, 9.17) is 4.99 Å². The number of nitrogens with zero attached hydrogens (tertiary/aromatic N) is 2. The van der Waals surface area contributed by atoms with E-state index in [9.17, 15) is 4.79 Å². The van der Waals surface area contributed by atoms with Gasteiger partial charge in [-0.25, -0.2) is 4.99 Å². The lowest BCUT2D eigenvalue weighted by atomic mass is 10.0. The number of aliphatic imine (C=N–C) groups is 1. The van der Waals surface area contributed by atoms with Crippen LogP contribution in [-0.2, 0) is 4.79 Å². The Morgan fingerprint density at radius 3 is 1.88 bits per heavy atom. The van der Waals surface area contributed by atoms with Crippen LogP contribution in [0.1, 0.15) is 136 Å². The predicted molar refractivity (Wildman–Crippen MR) is 149 cm³/mol. The number of quaternary nitrogens is 1. The van der Waals surface area contributed by atoms with Gasteiger partial charge in [-0.3, -0.25) is 9.28 Å². The van der Waals surface area contributed by atoms with E-state index in [-0.39, 0.29) is 5.91 Å². The zero-order chi connectivity index (χ0) is 24.7. The minimum Gasteiger partial charge on any atom is -0.351 e. The molecule has 0 aromatic rings. The molecule has 0 radical (unpaired) electrons. The maximum atomic E-state index is 11.2. The standard InChI is InChI=1S/C30H57N3O/c1-4-6-7-8-9-10-11-12-13-14-15-16-17-18-19-20-21-22-23-24-30-32-26-28-33(30,5-2)27-25-31-29(3)34/h19-20H,4-18,21-28H2,1-3H3/p+1/b20-19+. The molecule has 1 N–H and O–H groups in total.